The highest BCUT2D eigenvalue weighted by Gasteiger charge is 2.14. The number of aromatic carboxylic acids is 1. The third-order valence-corrected chi connectivity index (χ3v) is 4.30. The Morgan fingerprint density at radius 2 is 2.10 bits per heavy atom. The van der Waals surface area contributed by atoms with Crippen molar-refractivity contribution < 1.29 is 14.7 Å². The van der Waals surface area contributed by atoms with Crippen molar-refractivity contribution in [3.05, 3.63) is 26.7 Å². The predicted molar refractivity (Wildman–Crippen MR) is 76.5 cm³/mol. The van der Waals surface area contributed by atoms with Crippen molar-refractivity contribution in [1.82, 2.24) is 15.3 Å². The molecule has 0 saturated heterocycles. The first-order valence-corrected chi connectivity index (χ1v) is 7.32. The summed E-state index contributed by atoms with van der Waals surface area (Å²) in [6.07, 6.45) is 0. The second kappa shape index (κ2) is 5.97. The van der Waals surface area contributed by atoms with Crippen molar-refractivity contribution in [2.24, 2.45) is 0 Å². The molecule has 0 unspecified atom stereocenters. The maximum atomic E-state index is 11.6. The van der Waals surface area contributed by atoms with Gasteiger partial charge < -0.3 is 10.4 Å². The van der Waals surface area contributed by atoms with Crippen molar-refractivity contribution in [2.45, 2.75) is 20.4 Å². The Bertz CT molecular complexity index is 650. The van der Waals surface area contributed by atoms with Gasteiger partial charge in [-0.1, -0.05) is 0 Å². The number of anilines is 1. The number of hydrogen-bond acceptors (Lipinski definition) is 6. The lowest BCUT2D eigenvalue weighted by atomic mass is 10.4. The van der Waals surface area contributed by atoms with E-state index in [1.165, 1.54) is 11.3 Å². The summed E-state index contributed by atoms with van der Waals surface area (Å²) in [5, 5.41) is 17.0. The summed E-state index contributed by atoms with van der Waals surface area (Å²) >= 11 is 2.39. The molecule has 2 heterocycles. The standard InChI is InChI=1S/C11H12N4O3S2/c1-5-4-19-11(13-5)15-10(18)12-3-7-14-6(2)8(20-7)9(16)17/h4H,3H2,1-2H3,(H,16,17)(H2,12,13,15,18). The molecule has 2 aromatic heterocycles. The van der Waals surface area contributed by atoms with E-state index in [1.807, 2.05) is 12.3 Å². The fourth-order valence-electron chi connectivity index (χ4n) is 1.43. The molecule has 0 spiro atoms. The summed E-state index contributed by atoms with van der Waals surface area (Å²) in [6.45, 7) is 3.64. The number of carbonyl (C=O) groups excluding carboxylic acids is 1. The van der Waals surface area contributed by atoms with Crippen LogP contribution in [0.15, 0.2) is 5.38 Å². The zero-order chi connectivity index (χ0) is 14.7. The lowest BCUT2D eigenvalue weighted by Gasteiger charge is -2.02. The number of nitrogens with zero attached hydrogens (tertiary/aromatic N) is 2. The summed E-state index contributed by atoms with van der Waals surface area (Å²) in [7, 11) is 0. The predicted octanol–water partition coefficient (Wildman–Crippen LogP) is 2.24. The maximum Gasteiger partial charge on any atom is 0.347 e. The van der Waals surface area contributed by atoms with Crippen molar-refractivity contribution in [1.29, 1.82) is 0 Å². The normalized spacial score (nSPS) is 10.3. The Balaban J connectivity index is 1.90. The van der Waals surface area contributed by atoms with Crippen LogP contribution in [-0.4, -0.2) is 27.1 Å². The molecule has 0 bridgehead atoms. The smallest absolute Gasteiger partial charge is 0.347 e. The summed E-state index contributed by atoms with van der Waals surface area (Å²) in [5.41, 5.74) is 1.29. The molecular formula is C11H12N4O3S2. The molecule has 0 aliphatic carbocycles. The van der Waals surface area contributed by atoms with Gasteiger partial charge in [-0.2, -0.15) is 0 Å². The Kier molecular flexibility index (Phi) is 4.30. The highest BCUT2D eigenvalue weighted by molar-refractivity contribution is 7.14. The van der Waals surface area contributed by atoms with Crippen LogP contribution in [0.1, 0.15) is 26.1 Å². The maximum absolute atomic E-state index is 11.6. The molecule has 0 aromatic carbocycles. The van der Waals surface area contributed by atoms with E-state index in [4.69, 9.17) is 5.11 Å². The van der Waals surface area contributed by atoms with Crippen molar-refractivity contribution >= 4 is 39.8 Å². The summed E-state index contributed by atoms with van der Waals surface area (Å²) < 4.78 is 0. The van der Waals surface area contributed by atoms with E-state index in [1.54, 1.807) is 6.92 Å². The van der Waals surface area contributed by atoms with Gasteiger partial charge in [0.15, 0.2) is 5.13 Å². The minimum Gasteiger partial charge on any atom is -0.477 e. The number of nitrogens with one attached hydrogen (secondary N) is 2. The molecule has 2 rings (SSSR count). The van der Waals surface area contributed by atoms with Crippen molar-refractivity contribution in [2.75, 3.05) is 5.32 Å². The molecule has 3 N–H and O–H groups in total. The van der Waals surface area contributed by atoms with Crippen LogP contribution in [0.3, 0.4) is 0 Å². The molecule has 2 aromatic rings. The Hall–Kier alpha value is -2.00. The van der Waals surface area contributed by atoms with Gasteiger partial charge in [-0.15, -0.1) is 22.7 Å². The van der Waals surface area contributed by atoms with Gasteiger partial charge in [0, 0.05) is 5.38 Å². The van der Waals surface area contributed by atoms with Crippen molar-refractivity contribution in [3.8, 4) is 0 Å². The molecule has 2 amide bonds. The number of carboxylic acids is 1. The van der Waals surface area contributed by atoms with Gasteiger partial charge in [-0.25, -0.2) is 19.6 Å². The van der Waals surface area contributed by atoms with Crippen LogP contribution in [0.2, 0.25) is 0 Å². The molecule has 0 aliphatic rings. The largest absolute Gasteiger partial charge is 0.477 e. The topological polar surface area (TPSA) is 104 Å². The van der Waals surface area contributed by atoms with Gasteiger partial charge in [0.05, 0.1) is 17.9 Å². The van der Waals surface area contributed by atoms with Crippen LogP contribution in [0.5, 0.6) is 0 Å². The van der Waals surface area contributed by atoms with Gasteiger partial charge in [0.1, 0.15) is 9.88 Å². The Labute approximate surface area is 122 Å². The van der Waals surface area contributed by atoms with E-state index >= 15 is 0 Å². The zero-order valence-electron chi connectivity index (χ0n) is 10.8. The van der Waals surface area contributed by atoms with Gasteiger partial charge in [0.25, 0.3) is 0 Å². The molecule has 0 atom stereocenters. The van der Waals surface area contributed by atoms with Gasteiger partial charge in [-0.3, -0.25) is 5.32 Å². The van der Waals surface area contributed by atoms with E-state index in [0.717, 1.165) is 17.0 Å². The average Bonchev–Trinajstić information content (AvgIpc) is 2.93. The zero-order valence-corrected chi connectivity index (χ0v) is 12.4. The van der Waals surface area contributed by atoms with E-state index in [2.05, 4.69) is 20.6 Å². The molecule has 106 valence electrons. The molecule has 0 aliphatic heterocycles. The van der Waals surface area contributed by atoms with Crippen LogP contribution >= 0.6 is 22.7 Å². The summed E-state index contributed by atoms with van der Waals surface area (Å²) in [5.74, 6) is -1.01. The minimum atomic E-state index is -1.01. The highest BCUT2D eigenvalue weighted by Crippen LogP contribution is 2.18. The van der Waals surface area contributed by atoms with Crippen LogP contribution in [0, 0.1) is 13.8 Å². The quantitative estimate of drug-likeness (QED) is 0.803. The van der Waals surface area contributed by atoms with Crippen LogP contribution in [-0.2, 0) is 6.54 Å². The van der Waals surface area contributed by atoms with Gasteiger partial charge in [0.2, 0.25) is 0 Å². The number of hydrogen-bond donors (Lipinski definition) is 3. The lowest BCUT2D eigenvalue weighted by molar-refractivity contribution is 0.0701. The van der Waals surface area contributed by atoms with Gasteiger partial charge >= 0.3 is 12.0 Å². The molecule has 0 radical (unpaired) electrons. The van der Waals surface area contributed by atoms with E-state index in [9.17, 15) is 9.59 Å². The first-order chi connectivity index (χ1) is 9.45. The van der Waals surface area contributed by atoms with Crippen LogP contribution < -0.4 is 10.6 Å². The Morgan fingerprint density at radius 3 is 2.65 bits per heavy atom. The first kappa shape index (κ1) is 14.4. The molecule has 0 saturated carbocycles. The number of thiazole rings is 2. The minimum absolute atomic E-state index is 0.176. The molecule has 7 nitrogen and oxygen atoms in total. The number of urea groups is 1. The third-order valence-electron chi connectivity index (χ3n) is 2.27. The van der Waals surface area contributed by atoms with Crippen LogP contribution in [0.4, 0.5) is 9.93 Å². The second-order valence-corrected chi connectivity index (χ2v) is 5.87. The first-order valence-electron chi connectivity index (χ1n) is 5.62. The molecule has 20 heavy (non-hydrogen) atoms. The number of carboxylic acid groups (broad SMARTS) is 1. The molecule has 9 heteroatoms. The average molecular weight is 312 g/mol. The second-order valence-electron chi connectivity index (χ2n) is 3.93. The fraction of sp³-hybridized carbons (Fsp3) is 0.273. The number of aromatic nitrogens is 2. The number of rotatable bonds is 4. The number of aryl methyl sites for hydroxylation is 2. The van der Waals surface area contributed by atoms with E-state index in [0.29, 0.717) is 15.8 Å². The summed E-state index contributed by atoms with van der Waals surface area (Å²) in [6, 6.07) is -0.399. The van der Waals surface area contributed by atoms with Gasteiger partial charge in [-0.05, 0) is 13.8 Å². The SMILES string of the molecule is Cc1csc(NC(=O)NCc2nc(C)c(C(=O)O)s2)n1. The monoisotopic (exact) mass is 312 g/mol. The lowest BCUT2D eigenvalue weighted by Crippen LogP contribution is -2.28. The Morgan fingerprint density at radius 1 is 1.35 bits per heavy atom. The summed E-state index contributed by atoms with van der Waals surface area (Å²) in [4.78, 5) is 30.9. The van der Waals surface area contributed by atoms with E-state index in [-0.39, 0.29) is 11.4 Å². The highest BCUT2D eigenvalue weighted by atomic mass is 32.1. The fourth-order valence-corrected chi connectivity index (χ4v) is 2.96. The number of carbonyl (C=O) groups is 2. The van der Waals surface area contributed by atoms with Crippen molar-refractivity contribution in [3.63, 3.8) is 0 Å². The molecular weight excluding hydrogens is 300 g/mol. The third kappa shape index (κ3) is 3.52. The van der Waals surface area contributed by atoms with Crippen LogP contribution in [0.25, 0.3) is 0 Å². The number of amides is 2. The van der Waals surface area contributed by atoms with E-state index < -0.39 is 12.0 Å². The molecule has 0 fully saturated rings.